The van der Waals surface area contributed by atoms with Crippen molar-refractivity contribution in [1.82, 2.24) is 0 Å². The lowest BCUT2D eigenvalue weighted by molar-refractivity contribution is 0.448. The van der Waals surface area contributed by atoms with Gasteiger partial charge in [0.1, 0.15) is 0 Å². The summed E-state index contributed by atoms with van der Waals surface area (Å²) in [5.41, 5.74) is 1.17. The molecule has 0 bridgehead atoms. The largest absolute Gasteiger partial charge is 0.203 e. The van der Waals surface area contributed by atoms with Crippen LogP contribution >= 0.6 is 0 Å². The lowest BCUT2D eigenvalue weighted by atomic mass is 10.2. The van der Waals surface area contributed by atoms with Crippen molar-refractivity contribution < 1.29 is 17.6 Å². The van der Waals surface area contributed by atoms with E-state index in [1.165, 1.54) is 6.07 Å². The van der Waals surface area contributed by atoms with Crippen LogP contribution in [0.2, 0.25) is 0 Å². The van der Waals surface area contributed by atoms with Crippen LogP contribution in [0.3, 0.4) is 0 Å². The molecular weight excluding hydrogens is 184 g/mol. The average Bonchev–Trinajstić information content (AvgIpc) is 2.09. The predicted molar refractivity (Wildman–Crippen MR) is 38.7 cm³/mol. The molecule has 0 spiro atoms. The second kappa shape index (κ2) is 3.46. The number of benzene rings is 1. The van der Waals surface area contributed by atoms with Gasteiger partial charge in [0.05, 0.1) is 11.6 Å². The van der Waals surface area contributed by atoms with E-state index >= 15 is 0 Å². The normalized spacial score (nSPS) is 9.54. The average molecular weight is 187 g/mol. The Morgan fingerprint density at radius 2 is 1.54 bits per heavy atom. The van der Waals surface area contributed by atoms with E-state index in [9.17, 15) is 17.6 Å². The first-order valence-corrected chi connectivity index (χ1v) is 3.19. The molecule has 0 saturated carbocycles. The summed E-state index contributed by atoms with van der Waals surface area (Å²) in [6.45, 7) is 3.03. The van der Waals surface area contributed by atoms with Gasteiger partial charge < -0.3 is 0 Å². The molecule has 0 nitrogen and oxygen atoms in total. The highest BCUT2D eigenvalue weighted by atomic mass is 19.2. The molecule has 13 heavy (non-hydrogen) atoms. The minimum atomic E-state index is -1.57. The van der Waals surface area contributed by atoms with Gasteiger partial charge in [-0.25, -0.2) is 17.6 Å². The third kappa shape index (κ3) is 1.63. The van der Waals surface area contributed by atoms with Crippen molar-refractivity contribution in [2.45, 2.75) is 0 Å². The van der Waals surface area contributed by atoms with Gasteiger partial charge in [-0.2, -0.15) is 0 Å². The molecule has 0 aliphatic heterocycles. The molecule has 0 unspecified atom stereocenters. The van der Waals surface area contributed by atoms with Gasteiger partial charge in [0.25, 0.3) is 0 Å². The molecule has 0 saturated heterocycles. The molecule has 0 aliphatic rings. The van der Waals surface area contributed by atoms with Gasteiger partial charge in [0, 0.05) is 0 Å². The SMILES string of the molecule is C=C=Cc1c(F)c(F)[c]c(F)c1F. The number of halogens is 4. The monoisotopic (exact) mass is 187 g/mol. The summed E-state index contributed by atoms with van der Waals surface area (Å²) in [4.78, 5) is 0. The van der Waals surface area contributed by atoms with E-state index in [0.717, 1.165) is 0 Å². The maximum atomic E-state index is 12.7. The molecule has 1 aromatic carbocycles. The van der Waals surface area contributed by atoms with Gasteiger partial charge in [-0.05, 0) is 6.08 Å². The summed E-state index contributed by atoms with van der Waals surface area (Å²) in [6, 6.07) is 1.25. The molecule has 1 aromatic rings. The van der Waals surface area contributed by atoms with Crippen LogP contribution in [0, 0.1) is 29.3 Å². The third-order valence-corrected chi connectivity index (χ3v) is 1.32. The Bertz CT molecular complexity index is 363. The molecule has 0 N–H and O–H groups in total. The molecule has 0 amide bonds. The van der Waals surface area contributed by atoms with Gasteiger partial charge in [0.15, 0.2) is 23.3 Å². The second-order valence-corrected chi connectivity index (χ2v) is 2.14. The number of hydrogen-bond acceptors (Lipinski definition) is 0. The van der Waals surface area contributed by atoms with E-state index in [0.29, 0.717) is 6.08 Å². The van der Waals surface area contributed by atoms with E-state index in [2.05, 4.69) is 6.58 Å². The fourth-order valence-electron chi connectivity index (χ4n) is 0.768. The molecule has 0 fully saturated rings. The fourth-order valence-corrected chi connectivity index (χ4v) is 0.768. The first-order chi connectivity index (χ1) is 6.07. The van der Waals surface area contributed by atoms with Gasteiger partial charge in [-0.15, -0.1) is 5.73 Å². The van der Waals surface area contributed by atoms with Crippen LogP contribution in [-0.4, -0.2) is 0 Å². The van der Waals surface area contributed by atoms with Gasteiger partial charge >= 0.3 is 0 Å². The van der Waals surface area contributed by atoms with E-state index in [-0.39, 0.29) is 0 Å². The third-order valence-electron chi connectivity index (χ3n) is 1.32. The van der Waals surface area contributed by atoms with Crippen molar-refractivity contribution in [3.63, 3.8) is 0 Å². The topological polar surface area (TPSA) is 0 Å². The lowest BCUT2D eigenvalue weighted by Gasteiger charge is -1.99. The van der Waals surface area contributed by atoms with Crippen molar-refractivity contribution >= 4 is 6.08 Å². The maximum absolute atomic E-state index is 12.7. The van der Waals surface area contributed by atoms with Crippen LogP contribution in [0.1, 0.15) is 5.56 Å². The summed E-state index contributed by atoms with van der Waals surface area (Å²) >= 11 is 0. The van der Waals surface area contributed by atoms with Crippen LogP contribution in [-0.2, 0) is 0 Å². The molecule has 1 rings (SSSR count). The van der Waals surface area contributed by atoms with Crippen molar-refractivity contribution in [1.29, 1.82) is 0 Å². The maximum Gasteiger partial charge on any atom is 0.170 e. The van der Waals surface area contributed by atoms with Gasteiger partial charge in [-0.1, -0.05) is 6.58 Å². The fraction of sp³-hybridized carbons (Fsp3) is 0. The Labute approximate surface area is 71.8 Å². The summed E-state index contributed by atoms with van der Waals surface area (Å²) in [5.74, 6) is -6.15. The van der Waals surface area contributed by atoms with Crippen LogP contribution in [0.25, 0.3) is 6.08 Å². The molecule has 0 aliphatic carbocycles. The molecule has 4 heteroatoms. The lowest BCUT2D eigenvalue weighted by Crippen LogP contribution is -1.98. The molecule has 0 aromatic heterocycles. The van der Waals surface area contributed by atoms with E-state index in [1.807, 2.05) is 5.73 Å². The predicted octanol–water partition coefficient (Wildman–Crippen LogP) is 2.84. The smallest absolute Gasteiger partial charge is 0.170 e. The van der Waals surface area contributed by atoms with Crippen molar-refractivity contribution in [2.75, 3.05) is 0 Å². The zero-order chi connectivity index (χ0) is 10.0. The molecule has 0 heterocycles. The van der Waals surface area contributed by atoms with Crippen molar-refractivity contribution in [3.05, 3.63) is 47.2 Å². The first kappa shape index (κ1) is 9.55. The summed E-state index contributed by atoms with van der Waals surface area (Å²) in [7, 11) is 0. The highest BCUT2D eigenvalue weighted by Crippen LogP contribution is 2.19. The molecule has 1 radical (unpaired) electrons. The van der Waals surface area contributed by atoms with Crippen LogP contribution < -0.4 is 0 Å². The number of hydrogen-bond donors (Lipinski definition) is 0. The molecule has 0 atom stereocenters. The van der Waals surface area contributed by atoms with Gasteiger partial charge in [-0.3, -0.25) is 0 Å². The standard InChI is InChI=1S/C9H3F4/c1-2-3-5-8(12)6(10)4-7(11)9(5)13/h3H,1H2. The van der Waals surface area contributed by atoms with Crippen molar-refractivity contribution in [2.24, 2.45) is 0 Å². The molecule has 67 valence electrons. The number of rotatable bonds is 1. The summed E-state index contributed by atoms with van der Waals surface area (Å²) in [6.07, 6.45) is 0.713. The Morgan fingerprint density at radius 3 is 1.92 bits per heavy atom. The van der Waals surface area contributed by atoms with E-state index in [4.69, 9.17) is 0 Å². The quantitative estimate of drug-likeness (QED) is 0.360. The summed E-state index contributed by atoms with van der Waals surface area (Å²) in [5, 5.41) is 0. The Morgan fingerprint density at radius 1 is 1.08 bits per heavy atom. The van der Waals surface area contributed by atoms with Crippen LogP contribution in [0.15, 0.2) is 12.3 Å². The van der Waals surface area contributed by atoms with E-state index in [1.54, 1.807) is 0 Å². The highest BCUT2D eigenvalue weighted by Gasteiger charge is 2.16. The zero-order valence-corrected chi connectivity index (χ0v) is 6.30. The Balaban J connectivity index is 3.55. The van der Waals surface area contributed by atoms with Crippen molar-refractivity contribution in [3.8, 4) is 0 Å². The van der Waals surface area contributed by atoms with Crippen LogP contribution in [0.4, 0.5) is 17.6 Å². The Hall–Kier alpha value is -1.54. The van der Waals surface area contributed by atoms with Crippen LogP contribution in [0.5, 0.6) is 0 Å². The second-order valence-electron chi connectivity index (χ2n) is 2.14. The van der Waals surface area contributed by atoms with E-state index < -0.39 is 28.8 Å². The molecular formula is C9H3F4. The highest BCUT2D eigenvalue weighted by molar-refractivity contribution is 5.50. The minimum absolute atomic E-state index is 0.713. The van der Waals surface area contributed by atoms with Gasteiger partial charge in [0.2, 0.25) is 0 Å². The minimum Gasteiger partial charge on any atom is -0.203 e. The summed E-state index contributed by atoms with van der Waals surface area (Å²) < 4.78 is 50.3. The first-order valence-electron chi connectivity index (χ1n) is 3.19. The Kier molecular flexibility index (Phi) is 2.54. The zero-order valence-electron chi connectivity index (χ0n) is 6.30.